The van der Waals surface area contributed by atoms with Crippen LogP contribution in [0.15, 0.2) is 88.7 Å². The Kier molecular flexibility index (Phi) is 6.36. The fourth-order valence-corrected chi connectivity index (χ4v) is 5.28. The summed E-state index contributed by atoms with van der Waals surface area (Å²) in [5.74, 6) is -0.499. The number of anilines is 2. The lowest BCUT2D eigenvalue weighted by atomic mass is 10.2. The molecule has 0 bridgehead atoms. The van der Waals surface area contributed by atoms with Crippen molar-refractivity contribution in [3.8, 4) is 0 Å². The van der Waals surface area contributed by atoms with Crippen LogP contribution in [0, 0.1) is 5.82 Å². The zero-order chi connectivity index (χ0) is 23.5. The predicted octanol–water partition coefficient (Wildman–Crippen LogP) is 4.65. The van der Waals surface area contributed by atoms with Crippen molar-refractivity contribution < 1.29 is 14.0 Å². The smallest absolute Gasteiger partial charge is 0.265 e. The highest BCUT2D eigenvalue weighted by Crippen LogP contribution is 2.42. The molecule has 0 saturated carbocycles. The number of halogens is 1. The molecule has 2 aliphatic rings. The van der Waals surface area contributed by atoms with Crippen molar-refractivity contribution in [3.63, 3.8) is 0 Å². The topological polar surface area (TPSA) is 43.9 Å². The van der Waals surface area contributed by atoms with E-state index in [9.17, 15) is 14.0 Å². The Labute approximate surface area is 202 Å². The minimum atomic E-state index is -0.261. The van der Waals surface area contributed by atoms with Crippen LogP contribution >= 0.6 is 11.8 Å². The predicted molar refractivity (Wildman–Crippen MR) is 134 cm³/mol. The number of fused-ring (bicyclic) bond motifs is 1. The first-order valence-electron chi connectivity index (χ1n) is 11.2. The normalized spacial score (nSPS) is 17.1. The van der Waals surface area contributed by atoms with Crippen molar-refractivity contribution in [1.82, 2.24) is 4.90 Å². The molecule has 5 nitrogen and oxygen atoms in total. The molecule has 2 amide bonds. The van der Waals surface area contributed by atoms with Gasteiger partial charge in [0.25, 0.3) is 5.91 Å². The van der Waals surface area contributed by atoms with Crippen molar-refractivity contribution >= 4 is 41.0 Å². The van der Waals surface area contributed by atoms with E-state index in [1.807, 2.05) is 60.7 Å². The minimum absolute atomic E-state index is 0.000908. The number of benzene rings is 3. The standard InChI is InChI=1S/C27H24FN3O2S/c28-21-10-12-22(13-11-21)29-14-16-30(17-15-29)26(32)19-31-23-8-4-5-9-24(23)34-25(27(31)33)18-20-6-2-1-3-7-20/h1-13,18H,14-17,19H2/b25-18-. The molecule has 3 aromatic carbocycles. The van der Waals surface area contributed by atoms with Gasteiger partial charge >= 0.3 is 0 Å². The van der Waals surface area contributed by atoms with E-state index in [4.69, 9.17) is 0 Å². The highest BCUT2D eigenvalue weighted by molar-refractivity contribution is 8.04. The van der Waals surface area contributed by atoms with Crippen molar-refractivity contribution in [3.05, 3.63) is 95.1 Å². The van der Waals surface area contributed by atoms with Crippen molar-refractivity contribution in [1.29, 1.82) is 0 Å². The first-order valence-corrected chi connectivity index (χ1v) is 12.0. The average molecular weight is 474 g/mol. The van der Waals surface area contributed by atoms with Gasteiger partial charge in [0.1, 0.15) is 12.4 Å². The quantitative estimate of drug-likeness (QED) is 0.518. The van der Waals surface area contributed by atoms with Crippen molar-refractivity contribution in [2.75, 3.05) is 42.5 Å². The summed E-state index contributed by atoms with van der Waals surface area (Å²) in [7, 11) is 0. The number of para-hydroxylation sites is 1. The highest BCUT2D eigenvalue weighted by atomic mass is 32.2. The van der Waals surface area contributed by atoms with E-state index in [1.54, 1.807) is 21.9 Å². The Balaban J connectivity index is 1.31. The Bertz CT molecular complexity index is 1220. The molecule has 0 N–H and O–H groups in total. The summed E-state index contributed by atoms with van der Waals surface area (Å²) in [4.78, 5) is 33.7. The van der Waals surface area contributed by atoms with Gasteiger partial charge in [0.15, 0.2) is 0 Å². The summed E-state index contributed by atoms with van der Waals surface area (Å²) in [5.41, 5.74) is 2.66. The number of carbonyl (C=O) groups is 2. The van der Waals surface area contributed by atoms with Crippen LogP contribution in [0.4, 0.5) is 15.8 Å². The third-order valence-corrected chi connectivity index (χ3v) is 7.12. The van der Waals surface area contributed by atoms with Gasteiger partial charge in [-0.2, -0.15) is 0 Å². The first kappa shape index (κ1) is 22.2. The summed E-state index contributed by atoms with van der Waals surface area (Å²) in [6.07, 6.45) is 1.88. The molecule has 5 rings (SSSR count). The number of hydrogen-bond acceptors (Lipinski definition) is 4. The number of nitrogens with zero attached hydrogens (tertiary/aromatic N) is 3. The third-order valence-electron chi connectivity index (χ3n) is 6.05. The number of amides is 2. The number of rotatable bonds is 4. The van der Waals surface area contributed by atoms with Crippen LogP contribution in [0.5, 0.6) is 0 Å². The molecular formula is C27H24FN3O2S. The summed E-state index contributed by atoms with van der Waals surface area (Å²) >= 11 is 1.44. The van der Waals surface area contributed by atoms with Gasteiger partial charge in [-0.15, -0.1) is 0 Å². The molecule has 0 radical (unpaired) electrons. The third kappa shape index (κ3) is 4.70. The molecule has 34 heavy (non-hydrogen) atoms. The summed E-state index contributed by atoms with van der Waals surface area (Å²) in [6, 6.07) is 23.8. The van der Waals surface area contributed by atoms with E-state index < -0.39 is 0 Å². The van der Waals surface area contributed by atoms with E-state index in [0.717, 1.165) is 21.8 Å². The monoisotopic (exact) mass is 473 g/mol. The van der Waals surface area contributed by atoms with Gasteiger partial charge < -0.3 is 9.80 Å². The summed E-state index contributed by atoms with van der Waals surface area (Å²) in [5, 5.41) is 0. The molecule has 7 heteroatoms. The van der Waals surface area contributed by atoms with Crippen LogP contribution < -0.4 is 9.80 Å². The average Bonchev–Trinajstić information content (AvgIpc) is 2.87. The van der Waals surface area contributed by atoms with Gasteiger partial charge in [0, 0.05) is 36.8 Å². The molecule has 1 fully saturated rings. The van der Waals surface area contributed by atoms with Gasteiger partial charge in [-0.1, -0.05) is 54.2 Å². The van der Waals surface area contributed by atoms with Gasteiger partial charge in [-0.05, 0) is 48.0 Å². The van der Waals surface area contributed by atoms with Crippen molar-refractivity contribution in [2.24, 2.45) is 0 Å². The molecule has 1 saturated heterocycles. The molecular weight excluding hydrogens is 449 g/mol. The Hall–Kier alpha value is -3.58. The van der Waals surface area contributed by atoms with E-state index in [2.05, 4.69) is 4.90 Å². The molecule has 0 spiro atoms. The number of piperazine rings is 1. The highest BCUT2D eigenvalue weighted by Gasteiger charge is 2.32. The first-order chi connectivity index (χ1) is 16.6. The second kappa shape index (κ2) is 9.73. The Morgan fingerprint density at radius 2 is 1.56 bits per heavy atom. The van der Waals surface area contributed by atoms with E-state index in [1.165, 1.54) is 23.9 Å². The SMILES string of the molecule is O=C(CN1C(=O)/C(=C/c2ccccc2)Sc2ccccc21)N1CCN(c2ccc(F)cc2)CC1. The molecule has 0 aromatic heterocycles. The zero-order valence-electron chi connectivity index (χ0n) is 18.6. The second-order valence-electron chi connectivity index (χ2n) is 8.22. The zero-order valence-corrected chi connectivity index (χ0v) is 19.4. The summed E-state index contributed by atoms with van der Waals surface area (Å²) < 4.78 is 13.2. The van der Waals surface area contributed by atoms with Crippen LogP contribution in [-0.2, 0) is 9.59 Å². The maximum absolute atomic E-state index is 13.4. The molecule has 3 aromatic rings. The van der Waals surface area contributed by atoms with Crippen LogP contribution in [0.25, 0.3) is 6.08 Å². The van der Waals surface area contributed by atoms with E-state index in [-0.39, 0.29) is 24.2 Å². The fourth-order valence-electron chi connectivity index (χ4n) is 4.22. The second-order valence-corrected chi connectivity index (χ2v) is 9.31. The minimum Gasteiger partial charge on any atom is -0.368 e. The van der Waals surface area contributed by atoms with Gasteiger partial charge in [0.2, 0.25) is 5.91 Å². The van der Waals surface area contributed by atoms with Gasteiger partial charge in [-0.25, -0.2) is 4.39 Å². The maximum atomic E-state index is 13.4. The van der Waals surface area contributed by atoms with Crippen LogP contribution in [0.1, 0.15) is 5.56 Å². The lowest BCUT2D eigenvalue weighted by Gasteiger charge is -2.37. The largest absolute Gasteiger partial charge is 0.368 e. The van der Waals surface area contributed by atoms with Gasteiger partial charge in [0.05, 0.1) is 10.6 Å². The number of thioether (sulfide) groups is 1. The molecule has 0 atom stereocenters. The Morgan fingerprint density at radius 3 is 2.29 bits per heavy atom. The van der Waals surface area contributed by atoms with Crippen LogP contribution in [0.3, 0.4) is 0 Å². The lowest BCUT2D eigenvalue weighted by molar-refractivity contribution is -0.131. The molecule has 0 aliphatic carbocycles. The fraction of sp³-hybridized carbons (Fsp3) is 0.185. The maximum Gasteiger partial charge on any atom is 0.265 e. The van der Waals surface area contributed by atoms with Gasteiger partial charge in [-0.3, -0.25) is 14.5 Å². The van der Waals surface area contributed by atoms with E-state index in [0.29, 0.717) is 31.1 Å². The van der Waals surface area contributed by atoms with Crippen molar-refractivity contribution in [2.45, 2.75) is 4.90 Å². The number of hydrogen-bond donors (Lipinski definition) is 0. The Morgan fingerprint density at radius 1 is 0.882 bits per heavy atom. The summed E-state index contributed by atoms with van der Waals surface area (Å²) in [6.45, 7) is 2.44. The molecule has 172 valence electrons. The van der Waals surface area contributed by atoms with Crippen LogP contribution in [-0.4, -0.2) is 49.4 Å². The van der Waals surface area contributed by atoms with E-state index >= 15 is 0 Å². The molecule has 0 unspecified atom stereocenters. The van der Waals surface area contributed by atoms with Crippen LogP contribution in [0.2, 0.25) is 0 Å². The molecule has 2 aliphatic heterocycles. The number of carbonyl (C=O) groups excluding carboxylic acids is 2. The molecule has 2 heterocycles. The lowest BCUT2D eigenvalue weighted by Crippen LogP contribution is -2.52.